The average Bonchev–Trinajstić information content (AvgIpc) is 2.74. The molecule has 2 amide bonds. The van der Waals surface area contributed by atoms with E-state index in [0.29, 0.717) is 15.9 Å². The van der Waals surface area contributed by atoms with Crippen LogP contribution >= 0.6 is 23.2 Å². The summed E-state index contributed by atoms with van der Waals surface area (Å²) < 4.78 is 64.9. The Morgan fingerprint density at radius 1 is 1.09 bits per heavy atom. The maximum atomic E-state index is 13.3. The Kier molecular flexibility index (Phi) is 8.84. The smallest absolute Gasteiger partial charge is 0.357 e. The number of alkyl halides is 3. The highest BCUT2D eigenvalue weighted by Crippen LogP contribution is 2.32. The Bertz CT molecular complexity index is 1160. The van der Waals surface area contributed by atoms with Gasteiger partial charge in [0.05, 0.1) is 17.5 Å². The number of carbonyl (C=O) groups excluding carboxylic acids is 2. The van der Waals surface area contributed by atoms with Gasteiger partial charge < -0.3 is 10.2 Å². The molecule has 0 unspecified atom stereocenters. The number of nitrogens with one attached hydrogen (secondary N) is 1. The van der Waals surface area contributed by atoms with Crippen molar-refractivity contribution < 1.29 is 31.2 Å². The molecule has 0 saturated carbocycles. The zero-order valence-electron chi connectivity index (χ0n) is 18.4. The van der Waals surface area contributed by atoms with E-state index in [1.54, 1.807) is 6.07 Å². The third-order valence-corrected chi connectivity index (χ3v) is 6.79. The van der Waals surface area contributed by atoms with Crippen molar-refractivity contribution in [3.05, 3.63) is 63.6 Å². The summed E-state index contributed by atoms with van der Waals surface area (Å²) in [7, 11) is -2.83. The highest BCUT2D eigenvalue weighted by atomic mass is 35.5. The van der Waals surface area contributed by atoms with Crippen LogP contribution in [-0.4, -0.2) is 51.0 Å². The number of hydrogen-bond acceptors (Lipinski definition) is 4. The first-order valence-electron chi connectivity index (χ1n) is 9.75. The van der Waals surface area contributed by atoms with Crippen molar-refractivity contribution in [2.24, 2.45) is 0 Å². The lowest BCUT2D eigenvalue weighted by Gasteiger charge is -2.31. The van der Waals surface area contributed by atoms with Crippen molar-refractivity contribution in [3.63, 3.8) is 0 Å². The summed E-state index contributed by atoms with van der Waals surface area (Å²) in [5.74, 6) is -1.41. The number of benzene rings is 2. The Balaban J connectivity index is 2.49. The highest BCUT2D eigenvalue weighted by molar-refractivity contribution is 7.92. The number of nitrogens with zero attached hydrogens (tertiary/aromatic N) is 2. The first-order chi connectivity index (χ1) is 15.7. The summed E-state index contributed by atoms with van der Waals surface area (Å²) in [5, 5.41) is 2.83. The zero-order chi connectivity index (χ0) is 25.8. The lowest BCUT2D eigenvalue weighted by atomic mass is 10.1. The number of likely N-dealkylation sites (N-methyl/N-ethyl adjacent to an activating group) is 1. The van der Waals surface area contributed by atoms with E-state index < -0.39 is 46.2 Å². The Morgan fingerprint density at radius 2 is 1.65 bits per heavy atom. The molecule has 186 valence electrons. The second-order valence-electron chi connectivity index (χ2n) is 7.33. The maximum Gasteiger partial charge on any atom is 0.416 e. The minimum Gasteiger partial charge on any atom is -0.357 e. The summed E-state index contributed by atoms with van der Waals surface area (Å²) in [6.45, 7) is 0.312. The fourth-order valence-electron chi connectivity index (χ4n) is 3.10. The molecule has 2 aromatic carbocycles. The standard InChI is InChI=1S/C21H22Cl2F3N3O4S/c1-13(20(31)27-2)28(11-16-17(22)8-5-9-18(16)23)19(30)12-29(34(3,32)33)15-7-4-6-14(10-15)21(24,25)26/h4-10,13H,11-12H2,1-3H3,(H,27,31)/t13-/m0/s1. The second kappa shape index (κ2) is 10.8. The molecule has 13 heteroatoms. The number of sulfonamides is 1. The largest absolute Gasteiger partial charge is 0.416 e. The van der Waals surface area contributed by atoms with Crippen molar-refractivity contribution >= 4 is 50.7 Å². The van der Waals surface area contributed by atoms with Gasteiger partial charge in [0, 0.05) is 29.2 Å². The van der Waals surface area contributed by atoms with E-state index in [1.165, 1.54) is 26.1 Å². The van der Waals surface area contributed by atoms with Gasteiger partial charge in [-0.15, -0.1) is 0 Å². The molecule has 1 N–H and O–H groups in total. The van der Waals surface area contributed by atoms with Crippen molar-refractivity contribution in [3.8, 4) is 0 Å². The first kappa shape index (κ1) is 27.7. The molecule has 0 bridgehead atoms. The quantitative estimate of drug-likeness (QED) is 0.550. The van der Waals surface area contributed by atoms with E-state index in [1.807, 2.05) is 0 Å². The monoisotopic (exact) mass is 539 g/mol. The lowest BCUT2D eigenvalue weighted by molar-refractivity contribution is -0.139. The van der Waals surface area contributed by atoms with Gasteiger partial charge in [0.25, 0.3) is 0 Å². The van der Waals surface area contributed by atoms with Gasteiger partial charge in [0.2, 0.25) is 21.8 Å². The van der Waals surface area contributed by atoms with Crippen LogP contribution in [0.25, 0.3) is 0 Å². The van der Waals surface area contributed by atoms with Gasteiger partial charge in [-0.25, -0.2) is 8.42 Å². The molecule has 0 aliphatic rings. The SMILES string of the molecule is CNC(=O)[C@H](C)N(Cc1c(Cl)cccc1Cl)C(=O)CN(c1cccc(C(F)(F)F)c1)S(C)(=O)=O. The lowest BCUT2D eigenvalue weighted by Crippen LogP contribution is -2.50. The molecule has 0 aliphatic carbocycles. The predicted molar refractivity (Wildman–Crippen MR) is 124 cm³/mol. The average molecular weight is 540 g/mol. The maximum absolute atomic E-state index is 13.3. The van der Waals surface area contributed by atoms with Crippen LogP contribution in [0.4, 0.5) is 18.9 Å². The number of carbonyl (C=O) groups is 2. The molecule has 2 aromatic rings. The van der Waals surface area contributed by atoms with Gasteiger partial charge in [0.1, 0.15) is 12.6 Å². The molecule has 2 rings (SSSR count). The third-order valence-electron chi connectivity index (χ3n) is 4.94. The van der Waals surface area contributed by atoms with Crippen LogP contribution in [0.15, 0.2) is 42.5 Å². The van der Waals surface area contributed by atoms with Crippen molar-refractivity contribution in [1.82, 2.24) is 10.2 Å². The number of rotatable bonds is 8. The molecule has 1 atom stereocenters. The van der Waals surface area contributed by atoms with Crippen molar-refractivity contribution in [2.75, 3.05) is 24.2 Å². The minimum absolute atomic E-state index is 0.215. The molecule has 7 nitrogen and oxygen atoms in total. The fraction of sp³-hybridized carbons (Fsp3) is 0.333. The van der Waals surface area contributed by atoms with E-state index >= 15 is 0 Å². The van der Waals surface area contributed by atoms with Gasteiger partial charge in [-0.3, -0.25) is 13.9 Å². The molecular weight excluding hydrogens is 518 g/mol. The first-order valence-corrected chi connectivity index (χ1v) is 12.4. The van der Waals surface area contributed by atoms with Crippen LogP contribution in [0.2, 0.25) is 10.0 Å². The van der Waals surface area contributed by atoms with E-state index in [9.17, 15) is 31.2 Å². The van der Waals surface area contributed by atoms with Crippen molar-refractivity contribution in [1.29, 1.82) is 0 Å². The zero-order valence-corrected chi connectivity index (χ0v) is 20.7. The number of anilines is 1. The van der Waals surface area contributed by atoms with Crippen molar-refractivity contribution in [2.45, 2.75) is 25.7 Å². The molecule has 0 heterocycles. The molecule has 0 saturated heterocycles. The van der Waals surface area contributed by atoms with E-state index in [2.05, 4.69) is 5.32 Å². The summed E-state index contributed by atoms with van der Waals surface area (Å²) >= 11 is 12.4. The Labute approximate surface area is 205 Å². The molecule has 0 fully saturated rings. The molecular formula is C21H22Cl2F3N3O4S. The normalized spacial score (nSPS) is 12.7. The molecule has 0 aliphatic heterocycles. The van der Waals surface area contributed by atoms with Crippen LogP contribution in [-0.2, 0) is 32.3 Å². The highest BCUT2D eigenvalue weighted by Gasteiger charge is 2.33. The second-order valence-corrected chi connectivity index (χ2v) is 10.1. The fourth-order valence-corrected chi connectivity index (χ4v) is 4.45. The van der Waals surface area contributed by atoms with Crippen LogP contribution in [0.5, 0.6) is 0 Å². The molecule has 0 aromatic heterocycles. The van der Waals surface area contributed by atoms with Gasteiger partial charge in [0.15, 0.2) is 0 Å². The predicted octanol–water partition coefficient (Wildman–Crippen LogP) is 3.94. The summed E-state index contributed by atoms with van der Waals surface area (Å²) in [6.07, 6.45) is -3.96. The van der Waals surface area contributed by atoms with Crippen LogP contribution in [0.3, 0.4) is 0 Å². The van der Waals surface area contributed by atoms with Crippen LogP contribution in [0.1, 0.15) is 18.1 Å². The van der Waals surface area contributed by atoms with Gasteiger partial charge >= 0.3 is 6.18 Å². The Morgan fingerprint density at radius 3 is 2.15 bits per heavy atom. The molecule has 0 radical (unpaired) electrons. The van der Waals surface area contributed by atoms with E-state index in [0.717, 1.165) is 29.4 Å². The van der Waals surface area contributed by atoms with Gasteiger partial charge in [-0.2, -0.15) is 13.2 Å². The van der Waals surface area contributed by atoms with Crippen LogP contribution < -0.4 is 9.62 Å². The third kappa shape index (κ3) is 6.77. The summed E-state index contributed by atoms with van der Waals surface area (Å²) in [6, 6.07) is 7.16. The Hall–Kier alpha value is -2.50. The minimum atomic E-state index is -4.72. The number of halogens is 5. The number of amides is 2. The van der Waals surface area contributed by atoms with E-state index in [4.69, 9.17) is 23.2 Å². The van der Waals surface area contributed by atoms with Crippen LogP contribution in [0, 0.1) is 0 Å². The molecule has 0 spiro atoms. The number of hydrogen-bond donors (Lipinski definition) is 1. The topological polar surface area (TPSA) is 86.8 Å². The summed E-state index contributed by atoms with van der Waals surface area (Å²) in [5.41, 5.74) is -1.11. The summed E-state index contributed by atoms with van der Waals surface area (Å²) in [4.78, 5) is 26.6. The van der Waals surface area contributed by atoms with Gasteiger partial charge in [-0.05, 0) is 37.3 Å². The van der Waals surface area contributed by atoms with Gasteiger partial charge in [-0.1, -0.05) is 35.3 Å². The molecule has 34 heavy (non-hydrogen) atoms. The van der Waals surface area contributed by atoms with E-state index in [-0.39, 0.29) is 22.3 Å².